The molecule has 3 rings (SSSR count). The number of nitrogens with zero attached hydrogens (tertiary/aromatic N) is 1. The molecule has 3 unspecified atom stereocenters. The molecule has 6 heteroatoms. The van der Waals surface area contributed by atoms with Gasteiger partial charge in [-0.1, -0.05) is 23.7 Å². The molecule has 27 heavy (non-hydrogen) atoms. The van der Waals surface area contributed by atoms with Crippen LogP contribution in [0, 0.1) is 0 Å². The zero-order valence-electron chi connectivity index (χ0n) is 15.9. The Morgan fingerprint density at radius 3 is 2.74 bits per heavy atom. The Bertz CT molecular complexity index is 769. The van der Waals surface area contributed by atoms with Gasteiger partial charge in [-0.15, -0.1) is 0 Å². The summed E-state index contributed by atoms with van der Waals surface area (Å²) in [6.07, 6.45) is 2.68. The molecule has 1 fully saturated rings. The van der Waals surface area contributed by atoms with Crippen molar-refractivity contribution in [3.05, 3.63) is 59.1 Å². The van der Waals surface area contributed by atoms with Crippen LogP contribution in [0.4, 0.5) is 0 Å². The molecule has 1 aliphatic heterocycles. The number of ether oxygens (including phenoxy) is 1. The molecule has 0 aliphatic carbocycles. The van der Waals surface area contributed by atoms with Crippen molar-refractivity contribution in [1.29, 1.82) is 0 Å². The lowest BCUT2D eigenvalue weighted by molar-refractivity contribution is 0.116. The summed E-state index contributed by atoms with van der Waals surface area (Å²) >= 11 is 6.09. The summed E-state index contributed by atoms with van der Waals surface area (Å²) < 4.78 is 17.4. The molecule has 146 valence electrons. The van der Waals surface area contributed by atoms with Gasteiger partial charge in [-0.2, -0.15) is 0 Å². The van der Waals surface area contributed by atoms with Gasteiger partial charge >= 0.3 is 0 Å². The standard InChI is InChI=1S/C21H27ClN2O2S/c1-16-13-23-19(15-26-20-6-8-21(9-7-20)27(2)25)14-24(16)11-10-17-4-3-5-18(22)12-17/h3-9,12,16,19,23H,10-11,13-15H2,1-2H3. The van der Waals surface area contributed by atoms with Gasteiger partial charge in [0.15, 0.2) is 0 Å². The second-order valence-electron chi connectivity index (χ2n) is 7.07. The second kappa shape index (κ2) is 9.69. The fraction of sp³-hybridized carbons (Fsp3) is 0.429. The van der Waals surface area contributed by atoms with E-state index >= 15 is 0 Å². The summed E-state index contributed by atoms with van der Waals surface area (Å²) in [6.45, 7) is 5.80. The van der Waals surface area contributed by atoms with Crippen LogP contribution in [-0.4, -0.2) is 53.7 Å². The summed E-state index contributed by atoms with van der Waals surface area (Å²) in [5.41, 5.74) is 1.27. The van der Waals surface area contributed by atoms with Crippen LogP contribution in [0.25, 0.3) is 0 Å². The van der Waals surface area contributed by atoms with Gasteiger partial charge in [0.25, 0.3) is 0 Å². The molecular formula is C21H27ClN2O2S. The average molecular weight is 407 g/mol. The third-order valence-electron chi connectivity index (χ3n) is 4.96. The van der Waals surface area contributed by atoms with Gasteiger partial charge in [0.2, 0.25) is 0 Å². The normalized spacial score (nSPS) is 21.7. The van der Waals surface area contributed by atoms with Crippen LogP contribution in [-0.2, 0) is 17.2 Å². The molecule has 0 saturated carbocycles. The van der Waals surface area contributed by atoms with Crippen LogP contribution in [0.1, 0.15) is 12.5 Å². The molecule has 1 N–H and O–H groups in total. The monoisotopic (exact) mass is 406 g/mol. The molecule has 0 aromatic heterocycles. The lowest BCUT2D eigenvalue weighted by Gasteiger charge is -2.38. The Morgan fingerprint density at radius 1 is 1.26 bits per heavy atom. The summed E-state index contributed by atoms with van der Waals surface area (Å²) in [4.78, 5) is 3.33. The highest BCUT2D eigenvalue weighted by atomic mass is 35.5. The van der Waals surface area contributed by atoms with Gasteiger partial charge in [0.1, 0.15) is 12.4 Å². The van der Waals surface area contributed by atoms with E-state index in [2.05, 4.69) is 23.2 Å². The molecule has 0 bridgehead atoms. The van der Waals surface area contributed by atoms with Crippen LogP contribution >= 0.6 is 11.6 Å². The molecule has 2 aromatic carbocycles. The van der Waals surface area contributed by atoms with E-state index in [4.69, 9.17) is 16.3 Å². The van der Waals surface area contributed by atoms with Crippen molar-refractivity contribution in [2.24, 2.45) is 0 Å². The summed E-state index contributed by atoms with van der Waals surface area (Å²) in [7, 11) is -0.957. The number of hydrogen-bond donors (Lipinski definition) is 1. The maximum Gasteiger partial charge on any atom is 0.119 e. The van der Waals surface area contributed by atoms with Gasteiger partial charge in [-0.3, -0.25) is 9.11 Å². The highest BCUT2D eigenvalue weighted by Crippen LogP contribution is 2.16. The number of piperazine rings is 1. The van der Waals surface area contributed by atoms with Crippen molar-refractivity contribution < 1.29 is 8.95 Å². The quantitative estimate of drug-likeness (QED) is 0.765. The van der Waals surface area contributed by atoms with E-state index in [1.165, 1.54) is 5.56 Å². The Morgan fingerprint density at radius 2 is 2.04 bits per heavy atom. The molecule has 1 heterocycles. The first-order valence-electron chi connectivity index (χ1n) is 9.29. The van der Waals surface area contributed by atoms with E-state index in [1.54, 1.807) is 6.26 Å². The lowest BCUT2D eigenvalue weighted by atomic mass is 10.1. The molecule has 0 radical (unpaired) electrons. The number of benzene rings is 2. The van der Waals surface area contributed by atoms with Crippen molar-refractivity contribution in [1.82, 2.24) is 10.2 Å². The lowest BCUT2D eigenvalue weighted by Crippen LogP contribution is -2.57. The largest absolute Gasteiger partial charge is 0.492 e. The minimum absolute atomic E-state index is 0.292. The van der Waals surface area contributed by atoms with Crippen molar-refractivity contribution in [2.75, 3.05) is 32.5 Å². The zero-order chi connectivity index (χ0) is 19.2. The van der Waals surface area contributed by atoms with E-state index in [-0.39, 0.29) is 0 Å². The molecule has 1 aliphatic rings. The third kappa shape index (κ3) is 6.04. The fourth-order valence-corrected chi connectivity index (χ4v) is 4.04. The summed E-state index contributed by atoms with van der Waals surface area (Å²) in [5.74, 6) is 0.815. The Balaban J connectivity index is 1.49. The first kappa shape index (κ1) is 20.3. The maximum absolute atomic E-state index is 11.5. The number of halogens is 1. The molecule has 0 spiro atoms. The van der Waals surface area contributed by atoms with Crippen LogP contribution in [0.5, 0.6) is 5.75 Å². The van der Waals surface area contributed by atoms with Crippen LogP contribution < -0.4 is 10.1 Å². The number of rotatable bonds is 7. The molecule has 2 aromatic rings. The molecule has 0 amide bonds. The smallest absolute Gasteiger partial charge is 0.119 e. The minimum Gasteiger partial charge on any atom is -0.492 e. The molecule has 1 saturated heterocycles. The summed E-state index contributed by atoms with van der Waals surface area (Å²) in [5, 5.41) is 4.37. The van der Waals surface area contributed by atoms with E-state index < -0.39 is 10.8 Å². The predicted molar refractivity (Wildman–Crippen MR) is 112 cm³/mol. The third-order valence-corrected chi connectivity index (χ3v) is 6.13. The summed E-state index contributed by atoms with van der Waals surface area (Å²) in [6, 6.07) is 16.4. The van der Waals surface area contributed by atoms with Gasteiger partial charge in [-0.05, 0) is 55.3 Å². The number of nitrogens with one attached hydrogen (secondary N) is 1. The number of hydrogen-bond acceptors (Lipinski definition) is 4. The van der Waals surface area contributed by atoms with Crippen molar-refractivity contribution in [3.63, 3.8) is 0 Å². The van der Waals surface area contributed by atoms with Gasteiger partial charge in [0.05, 0.1) is 6.04 Å². The van der Waals surface area contributed by atoms with Crippen LogP contribution in [0.15, 0.2) is 53.4 Å². The van der Waals surface area contributed by atoms with Crippen molar-refractivity contribution in [2.45, 2.75) is 30.3 Å². The van der Waals surface area contributed by atoms with E-state index in [1.807, 2.05) is 42.5 Å². The molecule has 3 atom stereocenters. The van der Waals surface area contributed by atoms with E-state index in [0.717, 1.165) is 41.7 Å². The Labute approximate surface area is 169 Å². The maximum atomic E-state index is 11.5. The average Bonchev–Trinajstić information content (AvgIpc) is 2.66. The zero-order valence-corrected chi connectivity index (χ0v) is 17.4. The molecule has 4 nitrogen and oxygen atoms in total. The first-order chi connectivity index (χ1) is 13.0. The van der Waals surface area contributed by atoms with Crippen molar-refractivity contribution in [3.8, 4) is 5.75 Å². The predicted octanol–water partition coefficient (Wildman–Crippen LogP) is 3.36. The minimum atomic E-state index is -0.957. The SMILES string of the molecule is CC1CNC(COc2ccc(S(C)=O)cc2)CN1CCc1cccc(Cl)c1. The van der Waals surface area contributed by atoms with Gasteiger partial charge in [-0.25, -0.2) is 0 Å². The van der Waals surface area contributed by atoms with E-state index in [9.17, 15) is 4.21 Å². The fourth-order valence-electron chi connectivity index (χ4n) is 3.31. The highest BCUT2D eigenvalue weighted by molar-refractivity contribution is 7.84. The van der Waals surface area contributed by atoms with Crippen LogP contribution in [0.2, 0.25) is 5.02 Å². The van der Waals surface area contributed by atoms with E-state index in [0.29, 0.717) is 18.7 Å². The Kier molecular flexibility index (Phi) is 7.30. The van der Waals surface area contributed by atoms with Gasteiger partial charge < -0.3 is 10.1 Å². The molecular weight excluding hydrogens is 380 g/mol. The van der Waals surface area contributed by atoms with Crippen LogP contribution in [0.3, 0.4) is 0 Å². The topological polar surface area (TPSA) is 41.6 Å². The first-order valence-corrected chi connectivity index (χ1v) is 11.2. The highest BCUT2D eigenvalue weighted by Gasteiger charge is 2.25. The second-order valence-corrected chi connectivity index (χ2v) is 8.88. The Hall–Kier alpha value is -1.40. The van der Waals surface area contributed by atoms with Gasteiger partial charge in [0, 0.05) is 52.6 Å². The van der Waals surface area contributed by atoms with Crippen molar-refractivity contribution >= 4 is 22.4 Å².